The minimum Gasteiger partial charge on any atom is -0.384 e. The lowest BCUT2D eigenvalue weighted by Gasteiger charge is -2.36. The van der Waals surface area contributed by atoms with Crippen LogP contribution in [0.25, 0.3) is 0 Å². The molecule has 3 amide bonds. The van der Waals surface area contributed by atoms with Crippen LogP contribution in [-0.2, 0) is 20.8 Å². The number of amides is 3. The number of benzene rings is 1. The smallest absolute Gasteiger partial charge is 0.240 e. The fraction of sp³-hybridized carbons (Fsp3) is 0.645. The molecule has 2 aliphatic rings. The molecule has 2 aliphatic carbocycles. The van der Waals surface area contributed by atoms with E-state index >= 15 is 0 Å². The van der Waals surface area contributed by atoms with Gasteiger partial charge in [0.2, 0.25) is 17.7 Å². The number of nitrogen functional groups attached to an aromatic ring is 1. The van der Waals surface area contributed by atoms with Gasteiger partial charge in [0.05, 0.1) is 6.54 Å². The Bertz CT molecular complexity index is 1070. The maximum absolute atomic E-state index is 14.4. The second-order valence-corrected chi connectivity index (χ2v) is 12.0. The summed E-state index contributed by atoms with van der Waals surface area (Å²) in [7, 11) is 0. The molecule has 2 atom stereocenters. The van der Waals surface area contributed by atoms with Crippen molar-refractivity contribution in [2.75, 3.05) is 19.6 Å². The summed E-state index contributed by atoms with van der Waals surface area (Å²) in [6, 6.07) is 6.66. The number of hydrogen-bond donors (Lipinski definition) is 6. The van der Waals surface area contributed by atoms with Gasteiger partial charge in [-0.25, -0.2) is 0 Å². The molecule has 3 rings (SSSR count). The Morgan fingerprint density at radius 3 is 2.12 bits per heavy atom. The molecule has 1 aromatic carbocycles. The van der Waals surface area contributed by atoms with Crippen LogP contribution in [0.5, 0.6) is 0 Å². The summed E-state index contributed by atoms with van der Waals surface area (Å²) in [5, 5.41) is 10.5. The largest absolute Gasteiger partial charge is 0.384 e. The highest BCUT2D eigenvalue weighted by Crippen LogP contribution is 2.34. The number of nitrogens with two attached hydrogens (primary N) is 4. The molecule has 0 radical (unpaired) electrons. The summed E-state index contributed by atoms with van der Waals surface area (Å²) in [5.74, 6) is -0.706. The summed E-state index contributed by atoms with van der Waals surface area (Å²) in [6.45, 7) is 0.745. The molecule has 0 heterocycles. The first-order valence-electron chi connectivity index (χ1n) is 15.5. The lowest BCUT2D eigenvalue weighted by atomic mass is 9.76. The number of amidine groups is 1. The van der Waals surface area contributed by atoms with Crippen molar-refractivity contribution in [3.63, 3.8) is 0 Å². The monoisotopic (exact) mass is 582 g/mol. The van der Waals surface area contributed by atoms with Gasteiger partial charge in [0.15, 0.2) is 5.96 Å². The summed E-state index contributed by atoms with van der Waals surface area (Å²) >= 11 is 0. The van der Waals surface area contributed by atoms with Crippen molar-refractivity contribution in [1.29, 1.82) is 5.41 Å². The van der Waals surface area contributed by atoms with Crippen molar-refractivity contribution >= 4 is 29.5 Å². The molecule has 2 fully saturated rings. The normalized spacial score (nSPS) is 17.5. The zero-order valence-electron chi connectivity index (χ0n) is 24.9. The van der Waals surface area contributed by atoms with Crippen molar-refractivity contribution in [2.24, 2.45) is 45.7 Å². The maximum atomic E-state index is 14.4. The number of rotatable bonds is 15. The van der Waals surface area contributed by atoms with Crippen LogP contribution in [0.3, 0.4) is 0 Å². The Morgan fingerprint density at radius 2 is 1.55 bits per heavy atom. The van der Waals surface area contributed by atoms with Crippen molar-refractivity contribution in [3.05, 3.63) is 35.4 Å². The van der Waals surface area contributed by atoms with Crippen LogP contribution in [0.1, 0.15) is 88.2 Å². The minimum absolute atomic E-state index is 0.00153. The number of carbonyl (C=O) groups excluding carboxylic acids is 3. The predicted octanol–water partition coefficient (Wildman–Crippen LogP) is 2.14. The molecule has 0 aliphatic heterocycles. The van der Waals surface area contributed by atoms with E-state index in [1.165, 1.54) is 12.8 Å². The van der Waals surface area contributed by atoms with Gasteiger partial charge in [0.25, 0.3) is 0 Å². The summed E-state index contributed by atoms with van der Waals surface area (Å²) in [6.07, 6.45) is 12.2. The number of carbonyl (C=O) groups is 3. The van der Waals surface area contributed by atoms with E-state index in [0.29, 0.717) is 43.8 Å². The van der Waals surface area contributed by atoms with E-state index in [-0.39, 0.29) is 36.1 Å². The molecule has 0 bridgehead atoms. The molecular weight excluding hydrogens is 532 g/mol. The molecule has 0 spiro atoms. The molecule has 2 saturated carbocycles. The zero-order valence-corrected chi connectivity index (χ0v) is 24.9. The SMILES string of the molecule is N=C(N)c1ccc(C[C@@H](C(=O)N(CC(=O)N[C@@H](CCCN=C(N)N)C(N)=O)CC2CCCCC2)C2CCCCC2)cc1. The van der Waals surface area contributed by atoms with Gasteiger partial charge in [-0.15, -0.1) is 0 Å². The molecule has 0 saturated heterocycles. The molecule has 42 heavy (non-hydrogen) atoms. The number of nitrogens with one attached hydrogen (secondary N) is 2. The van der Waals surface area contributed by atoms with E-state index in [0.717, 1.165) is 56.9 Å². The van der Waals surface area contributed by atoms with Crippen LogP contribution < -0.4 is 28.3 Å². The first-order valence-corrected chi connectivity index (χ1v) is 15.5. The molecule has 0 aromatic heterocycles. The zero-order chi connectivity index (χ0) is 30.5. The van der Waals surface area contributed by atoms with Crippen LogP contribution in [0.4, 0.5) is 0 Å². The average molecular weight is 583 g/mol. The average Bonchev–Trinajstić information content (AvgIpc) is 2.97. The Morgan fingerprint density at radius 1 is 0.929 bits per heavy atom. The Hall–Kier alpha value is -3.63. The fourth-order valence-electron chi connectivity index (χ4n) is 6.42. The molecule has 11 nitrogen and oxygen atoms in total. The second kappa shape index (κ2) is 16.7. The van der Waals surface area contributed by atoms with Gasteiger partial charge in [0.1, 0.15) is 11.9 Å². The number of guanidine groups is 1. The lowest BCUT2D eigenvalue weighted by molar-refractivity contribution is -0.142. The molecular formula is C31H50N8O3. The van der Waals surface area contributed by atoms with Gasteiger partial charge in [-0.2, -0.15) is 0 Å². The molecule has 1 aromatic rings. The summed E-state index contributed by atoms with van der Waals surface area (Å²) in [5.41, 5.74) is 23.6. The Labute approximate surface area is 249 Å². The Kier molecular flexibility index (Phi) is 13.1. The Balaban J connectivity index is 1.78. The van der Waals surface area contributed by atoms with Crippen molar-refractivity contribution in [1.82, 2.24) is 10.2 Å². The van der Waals surface area contributed by atoms with Gasteiger partial charge in [-0.3, -0.25) is 24.8 Å². The van der Waals surface area contributed by atoms with E-state index in [1.54, 1.807) is 4.90 Å². The first kappa shape index (κ1) is 32.9. The third kappa shape index (κ3) is 10.6. The van der Waals surface area contributed by atoms with Crippen LogP contribution >= 0.6 is 0 Å². The highest BCUT2D eigenvalue weighted by Gasteiger charge is 2.35. The van der Waals surface area contributed by atoms with Crippen LogP contribution in [0.15, 0.2) is 29.3 Å². The maximum Gasteiger partial charge on any atom is 0.240 e. The highest BCUT2D eigenvalue weighted by molar-refractivity contribution is 5.95. The van der Waals surface area contributed by atoms with E-state index in [9.17, 15) is 14.4 Å². The van der Waals surface area contributed by atoms with Gasteiger partial charge in [-0.1, -0.05) is 62.8 Å². The first-order chi connectivity index (χ1) is 20.1. The summed E-state index contributed by atoms with van der Waals surface area (Å²) in [4.78, 5) is 45.5. The third-order valence-electron chi connectivity index (χ3n) is 8.73. The summed E-state index contributed by atoms with van der Waals surface area (Å²) < 4.78 is 0. The number of hydrogen-bond acceptors (Lipinski definition) is 5. The van der Waals surface area contributed by atoms with E-state index in [2.05, 4.69) is 10.3 Å². The second-order valence-electron chi connectivity index (χ2n) is 12.0. The predicted molar refractivity (Wildman–Crippen MR) is 165 cm³/mol. The lowest BCUT2D eigenvalue weighted by Crippen LogP contribution is -2.51. The van der Waals surface area contributed by atoms with E-state index in [1.807, 2.05) is 24.3 Å². The third-order valence-corrected chi connectivity index (χ3v) is 8.73. The molecule has 10 N–H and O–H groups in total. The van der Waals surface area contributed by atoms with Crippen molar-refractivity contribution < 1.29 is 14.4 Å². The van der Waals surface area contributed by atoms with Crippen molar-refractivity contribution in [2.45, 2.75) is 89.5 Å². The van der Waals surface area contributed by atoms with Gasteiger partial charge < -0.3 is 33.2 Å². The van der Waals surface area contributed by atoms with Gasteiger partial charge in [0, 0.05) is 24.6 Å². The minimum atomic E-state index is -0.868. The van der Waals surface area contributed by atoms with Gasteiger partial charge >= 0.3 is 0 Å². The van der Waals surface area contributed by atoms with Gasteiger partial charge in [-0.05, 0) is 62.3 Å². The fourth-order valence-corrected chi connectivity index (χ4v) is 6.42. The number of nitrogens with zero attached hydrogens (tertiary/aromatic N) is 2. The van der Waals surface area contributed by atoms with Crippen LogP contribution in [0.2, 0.25) is 0 Å². The van der Waals surface area contributed by atoms with Crippen LogP contribution in [-0.4, -0.2) is 60.1 Å². The molecule has 11 heteroatoms. The van der Waals surface area contributed by atoms with E-state index < -0.39 is 17.9 Å². The number of primary amides is 1. The number of aliphatic imine (C=N–C) groups is 1. The molecule has 232 valence electrons. The molecule has 0 unspecified atom stereocenters. The van der Waals surface area contributed by atoms with Crippen molar-refractivity contribution in [3.8, 4) is 0 Å². The van der Waals surface area contributed by atoms with Crippen LogP contribution in [0, 0.1) is 23.2 Å². The quantitative estimate of drug-likeness (QED) is 0.104. The standard InChI is InChI=1S/C31H50N8O3/c32-28(33)24-15-13-21(14-16-24)18-25(23-10-5-2-6-11-23)30(42)39(19-22-8-3-1-4-9-22)20-27(40)38-26(29(34)41)12-7-17-37-31(35)36/h13-16,22-23,25-26H,1-12,17-20H2,(H3,32,33)(H2,34,41)(H,38,40)(H4,35,36,37)/t25-,26+/m1/s1. The highest BCUT2D eigenvalue weighted by atomic mass is 16.2. The van der Waals surface area contributed by atoms with E-state index in [4.69, 9.17) is 28.3 Å². The topological polar surface area (TPSA) is 207 Å².